The number of fused-ring (bicyclic) bond motifs is 1. The summed E-state index contributed by atoms with van der Waals surface area (Å²) >= 11 is 0. The molecule has 4 aromatic rings. The minimum Gasteiger partial charge on any atom is -0.443 e. The Morgan fingerprint density at radius 1 is 1.13 bits per heavy atom. The zero-order chi connectivity index (χ0) is 21.0. The highest BCUT2D eigenvalue weighted by Crippen LogP contribution is 2.46. The molecule has 1 aliphatic rings. The van der Waals surface area contributed by atoms with Crippen LogP contribution < -0.4 is 11.5 Å². The van der Waals surface area contributed by atoms with Crippen LogP contribution in [-0.2, 0) is 5.54 Å². The lowest BCUT2D eigenvalue weighted by molar-refractivity contribution is 0.332. The lowest BCUT2D eigenvalue weighted by atomic mass is 9.72. The summed E-state index contributed by atoms with van der Waals surface area (Å²) in [6, 6.07) is 4.15. The van der Waals surface area contributed by atoms with Crippen LogP contribution in [0.15, 0.2) is 35.2 Å². The second-order valence-corrected chi connectivity index (χ2v) is 8.54. The Morgan fingerprint density at radius 3 is 2.57 bits per heavy atom. The molecule has 0 aromatic carbocycles. The van der Waals surface area contributed by atoms with E-state index in [1.54, 1.807) is 10.7 Å². The maximum Gasteiger partial charge on any atom is 0.245 e. The first kappa shape index (κ1) is 18.7. The Bertz CT molecular complexity index is 1200. The number of anilines is 1. The van der Waals surface area contributed by atoms with Gasteiger partial charge in [0.05, 0.1) is 6.20 Å². The number of hydrogen-bond donors (Lipinski definition) is 2. The molecule has 0 amide bonds. The van der Waals surface area contributed by atoms with Gasteiger partial charge in [0.25, 0.3) is 0 Å². The van der Waals surface area contributed by atoms with Crippen molar-refractivity contribution in [3.8, 4) is 11.6 Å². The van der Waals surface area contributed by atoms with Gasteiger partial charge in [-0.05, 0) is 45.2 Å². The van der Waals surface area contributed by atoms with Crippen LogP contribution in [0.2, 0.25) is 0 Å². The van der Waals surface area contributed by atoms with Crippen LogP contribution in [0.3, 0.4) is 0 Å². The fourth-order valence-electron chi connectivity index (χ4n) is 3.90. The first-order valence-corrected chi connectivity index (χ1v) is 9.99. The van der Waals surface area contributed by atoms with Crippen LogP contribution in [0.1, 0.15) is 61.2 Å². The van der Waals surface area contributed by atoms with E-state index in [4.69, 9.17) is 20.9 Å². The number of hydrogen-bond acceptors (Lipinski definition) is 8. The lowest BCUT2D eigenvalue weighted by Gasteiger charge is -2.33. The molecule has 0 atom stereocenters. The smallest absolute Gasteiger partial charge is 0.245 e. The summed E-state index contributed by atoms with van der Waals surface area (Å²) in [6.45, 7) is 5.88. The standard InChI is InChI=1S/C21H24N8O/c1-11-16(19-24-6-7-30-19)26-20(22)29-18(11)27-17(28-29)13-8-12(9-13)15-5-4-14(10-25-15)21(2,3)23/h4-7,10,12-13H,8-9,23H2,1-3H3,(H2,22,26). The molecule has 0 saturated heterocycles. The van der Waals surface area contributed by atoms with Crippen LogP contribution in [0.5, 0.6) is 0 Å². The van der Waals surface area contributed by atoms with E-state index >= 15 is 0 Å². The number of aromatic nitrogens is 6. The van der Waals surface area contributed by atoms with Gasteiger partial charge in [0.1, 0.15) is 12.0 Å². The van der Waals surface area contributed by atoms with Gasteiger partial charge in [-0.25, -0.2) is 15.0 Å². The highest BCUT2D eigenvalue weighted by molar-refractivity contribution is 5.65. The normalized spacial score (nSPS) is 19.2. The van der Waals surface area contributed by atoms with E-state index in [0.29, 0.717) is 23.1 Å². The van der Waals surface area contributed by atoms with Gasteiger partial charge in [-0.3, -0.25) is 4.98 Å². The van der Waals surface area contributed by atoms with E-state index in [9.17, 15) is 0 Å². The monoisotopic (exact) mass is 404 g/mol. The third kappa shape index (κ3) is 3.02. The average Bonchev–Trinajstić information content (AvgIpc) is 3.34. The van der Waals surface area contributed by atoms with Gasteiger partial charge < -0.3 is 15.9 Å². The predicted molar refractivity (Wildman–Crippen MR) is 112 cm³/mol. The average molecular weight is 404 g/mol. The third-order valence-electron chi connectivity index (χ3n) is 5.84. The van der Waals surface area contributed by atoms with Crippen LogP contribution in [-0.4, -0.2) is 29.5 Å². The summed E-state index contributed by atoms with van der Waals surface area (Å²) < 4.78 is 6.98. The number of pyridine rings is 1. The SMILES string of the molecule is Cc1c(-c2ncco2)nc(N)n2nc(C3CC(c4ccc(C(C)(C)N)cn4)C3)nc12. The molecule has 0 radical (unpaired) electrons. The number of aryl methyl sites for hydroxylation is 1. The van der Waals surface area contributed by atoms with Crippen molar-refractivity contribution in [2.75, 3.05) is 5.73 Å². The highest BCUT2D eigenvalue weighted by Gasteiger charge is 2.35. The van der Waals surface area contributed by atoms with Gasteiger partial charge in [-0.1, -0.05) is 6.07 Å². The molecule has 4 N–H and O–H groups in total. The summed E-state index contributed by atoms with van der Waals surface area (Å²) in [5.41, 5.74) is 16.1. The van der Waals surface area contributed by atoms with Crippen LogP contribution in [0.25, 0.3) is 17.2 Å². The molecular formula is C21H24N8O. The Balaban J connectivity index is 1.38. The molecule has 5 rings (SSSR count). The molecule has 1 saturated carbocycles. The number of oxazole rings is 1. The number of nitrogen functional groups attached to an aromatic ring is 1. The Hall–Kier alpha value is -3.33. The Kier molecular flexibility index (Phi) is 4.11. The van der Waals surface area contributed by atoms with Crippen molar-refractivity contribution in [2.24, 2.45) is 5.73 Å². The van der Waals surface area contributed by atoms with Gasteiger partial charge in [0.2, 0.25) is 11.8 Å². The van der Waals surface area contributed by atoms with E-state index in [0.717, 1.165) is 35.5 Å². The van der Waals surface area contributed by atoms with E-state index in [1.807, 2.05) is 27.0 Å². The van der Waals surface area contributed by atoms with Gasteiger partial charge in [0, 0.05) is 34.8 Å². The maximum atomic E-state index is 6.15. The number of rotatable bonds is 4. The molecule has 9 nitrogen and oxygen atoms in total. The maximum absolute atomic E-state index is 6.15. The van der Waals surface area contributed by atoms with E-state index in [-0.39, 0.29) is 17.4 Å². The predicted octanol–water partition coefficient (Wildman–Crippen LogP) is 2.92. The number of nitrogens with zero attached hydrogens (tertiary/aromatic N) is 6. The molecule has 0 spiro atoms. The minimum atomic E-state index is -0.385. The summed E-state index contributed by atoms with van der Waals surface area (Å²) in [4.78, 5) is 18.0. The zero-order valence-electron chi connectivity index (χ0n) is 17.2. The second kappa shape index (κ2) is 6.60. The molecular weight excluding hydrogens is 380 g/mol. The Morgan fingerprint density at radius 2 is 1.93 bits per heavy atom. The van der Waals surface area contributed by atoms with Gasteiger partial charge >= 0.3 is 0 Å². The fourth-order valence-corrected chi connectivity index (χ4v) is 3.90. The van der Waals surface area contributed by atoms with Gasteiger partial charge in [-0.2, -0.15) is 4.52 Å². The van der Waals surface area contributed by atoms with E-state index < -0.39 is 0 Å². The Labute approximate surface area is 173 Å². The fraction of sp³-hybridized carbons (Fsp3) is 0.381. The molecule has 4 heterocycles. The third-order valence-corrected chi connectivity index (χ3v) is 5.84. The van der Waals surface area contributed by atoms with Crippen molar-refractivity contribution in [3.05, 3.63) is 53.4 Å². The van der Waals surface area contributed by atoms with Crippen LogP contribution in [0, 0.1) is 6.92 Å². The summed E-state index contributed by atoms with van der Waals surface area (Å²) in [5, 5.41) is 4.62. The van der Waals surface area contributed by atoms with Crippen molar-refractivity contribution in [1.82, 2.24) is 29.5 Å². The molecule has 0 aliphatic heterocycles. The van der Waals surface area contributed by atoms with Crippen molar-refractivity contribution in [2.45, 2.75) is 51.0 Å². The summed E-state index contributed by atoms with van der Waals surface area (Å²) in [7, 11) is 0. The molecule has 4 aromatic heterocycles. The molecule has 0 bridgehead atoms. The van der Waals surface area contributed by atoms with Gasteiger partial charge in [-0.15, -0.1) is 5.10 Å². The highest BCUT2D eigenvalue weighted by atomic mass is 16.3. The van der Waals surface area contributed by atoms with Crippen molar-refractivity contribution in [1.29, 1.82) is 0 Å². The molecule has 154 valence electrons. The minimum absolute atomic E-state index is 0.264. The number of nitrogens with two attached hydrogens (primary N) is 2. The largest absolute Gasteiger partial charge is 0.443 e. The van der Waals surface area contributed by atoms with Gasteiger partial charge in [0.15, 0.2) is 11.5 Å². The first-order valence-electron chi connectivity index (χ1n) is 9.99. The summed E-state index contributed by atoms with van der Waals surface area (Å²) in [6.07, 6.45) is 6.87. The van der Waals surface area contributed by atoms with Crippen molar-refractivity contribution in [3.63, 3.8) is 0 Å². The van der Waals surface area contributed by atoms with Crippen LogP contribution >= 0.6 is 0 Å². The molecule has 9 heteroatoms. The molecule has 1 aliphatic carbocycles. The zero-order valence-corrected chi connectivity index (χ0v) is 17.2. The van der Waals surface area contributed by atoms with Crippen molar-refractivity contribution < 1.29 is 4.42 Å². The summed E-state index contributed by atoms with van der Waals surface area (Å²) in [5.74, 6) is 2.14. The molecule has 1 fully saturated rings. The molecule has 30 heavy (non-hydrogen) atoms. The molecule has 0 unspecified atom stereocenters. The van der Waals surface area contributed by atoms with Crippen LogP contribution in [0.4, 0.5) is 5.95 Å². The quantitative estimate of drug-likeness (QED) is 0.530. The second-order valence-electron chi connectivity index (χ2n) is 8.54. The van der Waals surface area contributed by atoms with Crippen molar-refractivity contribution >= 4 is 11.6 Å². The van der Waals surface area contributed by atoms with E-state index in [1.165, 1.54) is 6.26 Å². The lowest BCUT2D eigenvalue weighted by Crippen LogP contribution is -2.29. The first-order chi connectivity index (χ1) is 14.3. The van der Waals surface area contributed by atoms with E-state index in [2.05, 4.69) is 32.2 Å². The topological polar surface area (TPSA) is 134 Å².